The summed E-state index contributed by atoms with van der Waals surface area (Å²) >= 11 is 0. The van der Waals surface area contributed by atoms with Gasteiger partial charge in [0.1, 0.15) is 35.9 Å². The fourth-order valence-corrected chi connectivity index (χ4v) is 6.23. The third-order valence-electron chi connectivity index (χ3n) is 8.61. The Morgan fingerprint density at radius 2 is 1.52 bits per heavy atom. The maximum absolute atomic E-state index is 13.1. The highest BCUT2D eigenvalue weighted by atomic mass is 16.6. The summed E-state index contributed by atoms with van der Waals surface area (Å²) in [6.07, 6.45) is -1.79. The molecule has 3 aromatic carbocycles. The number of aliphatic hydroxyl groups is 2. The standard InChI is InChI=1S/C36H40N2O8/c1-5-6-10-21-45-31-29(39)30(46-34(31)38-22-23(2)33(41)37-35(38)42)32(40)36(24-11-8-7-9-12-24,25-13-17-27(43-3)18-14-25)26-15-19-28(44-4)20-16-26/h5,7-9,11-20,22,29-32,34,39-40H,1,6,10,21H2,2-4H3,(H,37,41,42)/t29-,30+,31-,32?,34-/m1/s1. The molecule has 4 aromatic rings. The molecule has 1 aliphatic rings. The van der Waals surface area contributed by atoms with Crippen LogP contribution in [-0.2, 0) is 14.9 Å². The molecule has 5 atom stereocenters. The van der Waals surface area contributed by atoms with Crippen molar-refractivity contribution in [3.05, 3.63) is 141 Å². The van der Waals surface area contributed by atoms with Gasteiger partial charge in [0.25, 0.3) is 5.56 Å². The van der Waals surface area contributed by atoms with Gasteiger partial charge < -0.3 is 29.2 Å². The molecule has 1 aromatic heterocycles. The van der Waals surface area contributed by atoms with Crippen molar-refractivity contribution in [3.8, 4) is 11.5 Å². The third-order valence-corrected chi connectivity index (χ3v) is 8.61. The number of hydrogen-bond donors (Lipinski definition) is 3. The number of aliphatic hydroxyl groups excluding tert-OH is 2. The summed E-state index contributed by atoms with van der Waals surface area (Å²) in [5.74, 6) is 1.26. The summed E-state index contributed by atoms with van der Waals surface area (Å²) in [5.41, 5.74) is -0.114. The van der Waals surface area contributed by atoms with E-state index in [0.29, 0.717) is 35.5 Å². The highest BCUT2D eigenvalue weighted by Crippen LogP contribution is 2.47. The van der Waals surface area contributed by atoms with Crippen LogP contribution in [0.2, 0.25) is 0 Å². The minimum absolute atomic E-state index is 0.244. The molecule has 0 aliphatic carbocycles. The summed E-state index contributed by atoms with van der Waals surface area (Å²) in [5, 5.41) is 24.7. The van der Waals surface area contributed by atoms with Crippen LogP contribution in [0.1, 0.15) is 41.3 Å². The van der Waals surface area contributed by atoms with Crippen LogP contribution in [0.15, 0.2) is 107 Å². The molecular weight excluding hydrogens is 588 g/mol. The molecule has 10 heteroatoms. The molecule has 46 heavy (non-hydrogen) atoms. The predicted octanol–water partition coefficient (Wildman–Crippen LogP) is 3.87. The monoisotopic (exact) mass is 628 g/mol. The van der Waals surface area contributed by atoms with Crippen LogP contribution < -0.4 is 20.7 Å². The van der Waals surface area contributed by atoms with E-state index in [1.807, 2.05) is 78.9 Å². The minimum atomic E-state index is -1.42. The number of hydrogen-bond acceptors (Lipinski definition) is 8. The van der Waals surface area contributed by atoms with E-state index in [2.05, 4.69) is 11.6 Å². The van der Waals surface area contributed by atoms with E-state index in [1.54, 1.807) is 27.2 Å². The van der Waals surface area contributed by atoms with Gasteiger partial charge in [-0.2, -0.15) is 0 Å². The number of methoxy groups -OCH3 is 2. The fraction of sp³-hybridized carbons (Fsp3) is 0.333. The van der Waals surface area contributed by atoms with Gasteiger partial charge >= 0.3 is 5.69 Å². The minimum Gasteiger partial charge on any atom is -0.497 e. The molecular formula is C36H40N2O8. The maximum atomic E-state index is 13.1. The summed E-state index contributed by atoms with van der Waals surface area (Å²) < 4.78 is 24.7. The van der Waals surface area contributed by atoms with Gasteiger partial charge in [-0.15, -0.1) is 6.58 Å². The number of aromatic amines is 1. The highest BCUT2D eigenvalue weighted by Gasteiger charge is 2.56. The summed E-state index contributed by atoms with van der Waals surface area (Å²) in [4.78, 5) is 27.6. The molecule has 5 rings (SSSR count). The topological polar surface area (TPSA) is 132 Å². The smallest absolute Gasteiger partial charge is 0.330 e. The first-order valence-corrected chi connectivity index (χ1v) is 15.2. The SMILES string of the molecule is C=CCCCO[C@@H]1[C@H](O)[C@@H](C(O)C(c2ccccc2)(c2ccc(OC)cc2)c2ccc(OC)cc2)O[C@H]1n1cc(C)c(=O)[nH]c1=O. The Morgan fingerprint density at radius 1 is 0.957 bits per heavy atom. The van der Waals surface area contributed by atoms with Gasteiger partial charge in [-0.3, -0.25) is 14.3 Å². The van der Waals surface area contributed by atoms with E-state index in [4.69, 9.17) is 18.9 Å². The van der Waals surface area contributed by atoms with Gasteiger partial charge in [0.2, 0.25) is 0 Å². The Labute approximate surface area is 267 Å². The van der Waals surface area contributed by atoms with E-state index in [9.17, 15) is 19.8 Å². The summed E-state index contributed by atoms with van der Waals surface area (Å²) in [6, 6.07) is 24.2. The molecule has 242 valence electrons. The van der Waals surface area contributed by atoms with E-state index >= 15 is 0 Å². The van der Waals surface area contributed by atoms with Crippen molar-refractivity contribution in [1.82, 2.24) is 9.55 Å². The zero-order valence-corrected chi connectivity index (χ0v) is 26.2. The number of aromatic nitrogens is 2. The van der Waals surface area contributed by atoms with Crippen LogP contribution in [0, 0.1) is 6.92 Å². The molecule has 0 bridgehead atoms. The van der Waals surface area contributed by atoms with Gasteiger partial charge in [0, 0.05) is 18.4 Å². The number of nitrogens with zero attached hydrogens (tertiary/aromatic N) is 1. The zero-order chi connectivity index (χ0) is 32.8. The molecule has 1 fully saturated rings. The van der Waals surface area contributed by atoms with Crippen LogP contribution in [0.25, 0.3) is 0 Å². The van der Waals surface area contributed by atoms with Crippen molar-refractivity contribution in [2.45, 2.75) is 55.8 Å². The first-order valence-electron chi connectivity index (χ1n) is 15.2. The van der Waals surface area contributed by atoms with Gasteiger partial charge in [0.05, 0.1) is 19.6 Å². The molecule has 1 unspecified atom stereocenters. The first kappa shape index (κ1) is 32.9. The Bertz CT molecular complexity index is 1670. The Morgan fingerprint density at radius 3 is 2.07 bits per heavy atom. The molecule has 1 aliphatic heterocycles. The average molecular weight is 629 g/mol. The van der Waals surface area contributed by atoms with Crippen LogP contribution in [0.3, 0.4) is 0 Å². The predicted molar refractivity (Wildman–Crippen MR) is 173 cm³/mol. The van der Waals surface area contributed by atoms with Gasteiger partial charge in [-0.05, 0) is 60.7 Å². The largest absolute Gasteiger partial charge is 0.497 e. The number of benzene rings is 3. The van der Waals surface area contributed by atoms with Crippen molar-refractivity contribution in [1.29, 1.82) is 0 Å². The number of unbranched alkanes of at least 4 members (excludes halogenated alkanes) is 1. The number of nitrogens with one attached hydrogen (secondary N) is 1. The second-order valence-electron chi connectivity index (χ2n) is 11.3. The second kappa shape index (κ2) is 14.3. The zero-order valence-electron chi connectivity index (χ0n) is 26.2. The lowest BCUT2D eigenvalue weighted by Crippen LogP contribution is -2.52. The summed E-state index contributed by atoms with van der Waals surface area (Å²) in [7, 11) is 3.16. The number of rotatable bonds is 13. The lowest BCUT2D eigenvalue weighted by atomic mass is 9.64. The van der Waals surface area contributed by atoms with Crippen molar-refractivity contribution in [3.63, 3.8) is 0 Å². The fourth-order valence-electron chi connectivity index (χ4n) is 6.23. The molecule has 0 saturated carbocycles. The van der Waals surface area contributed by atoms with Crippen molar-refractivity contribution in [2.24, 2.45) is 0 Å². The molecule has 3 N–H and O–H groups in total. The van der Waals surface area contributed by atoms with Crippen LogP contribution >= 0.6 is 0 Å². The van der Waals surface area contributed by atoms with E-state index in [-0.39, 0.29) is 12.2 Å². The van der Waals surface area contributed by atoms with Gasteiger partial charge in [-0.1, -0.05) is 60.7 Å². The maximum Gasteiger partial charge on any atom is 0.330 e. The molecule has 1 saturated heterocycles. The lowest BCUT2D eigenvalue weighted by Gasteiger charge is -2.43. The Balaban J connectivity index is 1.69. The number of ether oxygens (including phenoxy) is 4. The molecule has 0 amide bonds. The molecule has 2 heterocycles. The second-order valence-corrected chi connectivity index (χ2v) is 11.3. The van der Waals surface area contributed by atoms with Crippen LogP contribution in [0.4, 0.5) is 0 Å². The Kier molecular flexibility index (Phi) is 10.2. The first-order chi connectivity index (χ1) is 22.3. The van der Waals surface area contributed by atoms with Crippen LogP contribution in [0.5, 0.6) is 11.5 Å². The highest BCUT2D eigenvalue weighted by molar-refractivity contribution is 5.54. The lowest BCUT2D eigenvalue weighted by molar-refractivity contribution is -0.102. The molecule has 0 radical (unpaired) electrons. The number of allylic oxidation sites excluding steroid dienone is 1. The van der Waals surface area contributed by atoms with E-state index < -0.39 is 47.3 Å². The Hall–Kier alpha value is -4.48. The van der Waals surface area contributed by atoms with Gasteiger partial charge in [-0.25, -0.2) is 4.79 Å². The third kappa shape index (κ3) is 6.17. The van der Waals surface area contributed by atoms with Crippen molar-refractivity contribution >= 4 is 0 Å². The van der Waals surface area contributed by atoms with E-state index in [0.717, 1.165) is 5.56 Å². The van der Waals surface area contributed by atoms with Crippen molar-refractivity contribution < 1.29 is 29.2 Å². The number of aryl methyl sites for hydroxylation is 1. The normalized spacial score (nSPS) is 20.3. The van der Waals surface area contributed by atoms with Crippen molar-refractivity contribution in [2.75, 3.05) is 20.8 Å². The number of H-pyrrole nitrogens is 1. The summed E-state index contributed by atoms with van der Waals surface area (Å²) in [6.45, 7) is 5.56. The average Bonchev–Trinajstić information content (AvgIpc) is 3.41. The molecule has 0 spiro atoms. The quantitative estimate of drug-likeness (QED) is 0.116. The van der Waals surface area contributed by atoms with Gasteiger partial charge in [0.15, 0.2) is 6.23 Å². The van der Waals surface area contributed by atoms with Crippen LogP contribution in [-0.4, -0.2) is 65.0 Å². The molecule has 10 nitrogen and oxygen atoms in total. The van der Waals surface area contributed by atoms with E-state index in [1.165, 1.54) is 10.8 Å².